The van der Waals surface area contributed by atoms with Gasteiger partial charge in [-0.15, -0.1) is 0 Å². The van der Waals surface area contributed by atoms with Crippen LogP contribution in [0.2, 0.25) is 0 Å². The zero-order valence-corrected chi connectivity index (χ0v) is 10.1. The number of rotatable bonds is 0. The van der Waals surface area contributed by atoms with E-state index in [-0.39, 0.29) is 17.9 Å². The van der Waals surface area contributed by atoms with Crippen LogP contribution in [-0.2, 0) is 4.79 Å². The van der Waals surface area contributed by atoms with Crippen molar-refractivity contribution in [1.29, 1.82) is 0 Å². The first-order chi connectivity index (χ1) is 7.08. The molecule has 2 heterocycles. The Balaban J connectivity index is 2.42. The summed E-state index contributed by atoms with van der Waals surface area (Å²) >= 11 is 3.32. The minimum atomic E-state index is -0.0713. The average molecular weight is 270 g/mol. The smallest absolute Gasteiger partial charge is 0.229 e. The average Bonchev–Trinajstić information content (AvgIpc) is 2.29. The van der Waals surface area contributed by atoms with Gasteiger partial charge in [-0.25, -0.2) is 4.98 Å². The Morgan fingerprint density at radius 2 is 2.20 bits per heavy atom. The van der Waals surface area contributed by atoms with Crippen LogP contribution in [0.1, 0.15) is 13.8 Å². The Morgan fingerprint density at radius 3 is 2.93 bits per heavy atom. The lowest BCUT2D eigenvalue weighted by atomic mass is 10.0. The van der Waals surface area contributed by atoms with Crippen LogP contribution >= 0.6 is 15.9 Å². The molecule has 2 N–H and O–H groups in total. The van der Waals surface area contributed by atoms with Crippen LogP contribution in [0.15, 0.2) is 16.7 Å². The molecule has 0 aliphatic carbocycles. The highest BCUT2D eigenvalue weighted by Crippen LogP contribution is 2.28. The quantitative estimate of drug-likeness (QED) is 0.760. The van der Waals surface area contributed by atoms with E-state index in [2.05, 4.69) is 31.5 Å². The van der Waals surface area contributed by atoms with Gasteiger partial charge >= 0.3 is 0 Å². The normalized spacial score (nSPS) is 24.9. The van der Waals surface area contributed by atoms with Crippen LogP contribution in [0.4, 0.5) is 11.5 Å². The van der Waals surface area contributed by atoms with Gasteiger partial charge in [-0.3, -0.25) is 4.79 Å². The van der Waals surface area contributed by atoms with Crippen molar-refractivity contribution in [2.75, 3.05) is 10.6 Å². The fraction of sp³-hybridized carbons (Fsp3) is 0.400. The van der Waals surface area contributed by atoms with Crippen molar-refractivity contribution in [2.24, 2.45) is 5.92 Å². The van der Waals surface area contributed by atoms with Crippen molar-refractivity contribution in [2.45, 2.75) is 19.9 Å². The van der Waals surface area contributed by atoms with E-state index in [9.17, 15) is 4.79 Å². The molecule has 0 aromatic carbocycles. The van der Waals surface area contributed by atoms with Gasteiger partial charge in [-0.1, -0.05) is 6.92 Å². The summed E-state index contributed by atoms with van der Waals surface area (Å²) in [6.07, 6.45) is 1.71. The predicted octanol–water partition coefficient (Wildman–Crippen LogP) is 2.23. The monoisotopic (exact) mass is 269 g/mol. The van der Waals surface area contributed by atoms with Gasteiger partial charge in [0, 0.05) is 16.7 Å². The van der Waals surface area contributed by atoms with Crippen molar-refractivity contribution in [3.05, 3.63) is 16.7 Å². The third kappa shape index (κ3) is 1.97. The fourth-order valence-corrected chi connectivity index (χ4v) is 1.80. The summed E-state index contributed by atoms with van der Waals surface area (Å²) in [6, 6.07) is 1.93. The number of fused-ring (bicyclic) bond motifs is 1. The first kappa shape index (κ1) is 10.4. The number of nitrogens with one attached hydrogen (secondary N) is 2. The number of hydrogen-bond acceptors (Lipinski definition) is 3. The Kier molecular flexibility index (Phi) is 2.65. The maximum Gasteiger partial charge on any atom is 0.229 e. The van der Waals surface area contributed by atoms with Gasteiger partial charge < -0.3 is 10.6 Å². The van der Waals surface area contributed by atoms with Gasteiger partial charge in [-0.2, -0.15) is 0 Å². The van der Waals surface area contributed by atoms with Crippen molar-refractivity contribution < 1.29 is 4.79 Å². The highest BCUT2D eigenvalue weighted by Gasteiger charge is 2.25. The number of carbonyl (C=O) groups excluding carboxylic acids is 1. The molecule has 4 nitrogen and oxygen atoms in total. The second-order valence-corrected chi connectivity index (χ2v) is 4.68. The highest BCUT2D eigenvalue weighted by molar-refractivity contribution is 9.10. The molecule has 1 aliphatic rings. The van der Waals surface area contributed by atoms with Crippen LogP contribution in [0.25, 0.3) is 0 Å². The molecular formula is C10H12BrN3O. The standard InChI is InChI=1S/C10H12BrN3O/c1-5-6(2)13-9-8(14-10(5)15)3-7(11)4-12-9/h3-6H,1-2H3,(H,12,13)(H,14,15). The van der Waals surface area contributed by atoms with Gasteiger partial charge in [0.1, 0.15) is 5.82 Å². The van der Waals surface area contributed by atoms with Crippen LogP contribution in [-0.4, -0.2) is 16.9 Å². The predicted molar refractivity (Wildman–Crippen MR) is 62.8 cm³/mol. The Hall–Kier alpha value is -1.10. The third-order valence-electron chi connectivity index (χ3n) is 2.64. The lowest BCUT2D eigenvalue weighted by Gasteiger charge is -2.15. The number of pyridine rings is 1. The molecule has 0 fully saturated rings. The van der Waals surface area contributed by atoms with Crippen molar-refractivity contribution in [3.8, 4) is 0 Å². The third-order valence-corrected chi connectivity index (χ3v) is 3.07. The van der Waals surface area contributed by atoms with Crippen molar-refractivity contribution >= 4 is 33.3 Å². The Morgan fingerprint density at radius 1 is 1.47 bits per heavy atom. The maximum absolute atomic E-state index is 11.7. The number of hydrogen-bond donors (Lipinski definition) is 2. The second kappa shape index (κ2) is 3.81. The zero-order valence-electron chi connectivity index (χ0n) is 8.54. The van der Waals surface area contributed by atoms with E-state index in [0.717, 1.165) is 16.0 Å². The summed E-state index contributed by atoms with van der Waals surface area (Å²) in [5.41, 5.74) is 0.727. The lowest BCUT2D eigenvalue weighted by molar-refractivity contribution is -0.119. The van der Waals surface area contributed by atoms with Crippen LogP contribution < -0.4 is 10.6 Å². The molecule has 15 heavy (non-hydrogen) atoms. The summed E-state index contributed by atoms with van der Waals surface area (Å²) in [4.78, 5) is 15.9. The van der Waals surface area contributed by atoms with E-state index in [4.69, 9.17) is 0 Å². The molecule has 0 spiro atoms. The van der Waals surface area contributed by atoms with E-state index in [1.807, 2.05) is 19.9 Å². The van der Waals surface area contributed by atoms with E-state index in [0.29, 0.717) is 0 Å². The molecule has 1 aliphatic heterocycles. The first-order valence-electron chi connectivity index (χ1n) is 4.81. The van der Waals surface area contributed by atoms with Gasteiger partial charge in [-0.05, 0) is 28.9 Å². The number of halogens is 1. The van der Waals surface area contributed by atoms with Gasteiger partial charge in [0.05, 0.1) is 11.6 Å². The highest BCUT2D eigenvalue weighted by atomic mass is 79.9. The molecule has 2 atom stereocenters. The van der Waals surface area contributed by atoms with Gasteiger partial charge in [0.25, 0.3) is 0 Å². The van der Waals surface area contributed by atoms with E-state index in [1.165, 1.54) is 0 Å². The van der Waals surface area contributed by atoms with Gasteiger partial charge in [0.2, 0.25) is 5.91 Å². The Bertz CT molecular complexity index is 408. The fourth-order valence-electron chi connectivity index (χ4n) is 1.46. The van der Waals surface area contributed by atoms with Crippen LogP contribution in [0.3, 0.4) is 0 Å². The number of anilines is 2. The number of aromatic nitrogens is 1. The number of amides is 1. The summed E-state index contributed by atoms with van der Waals surface area (Å²) in [5.74, 6) is 0.676. The van der Waals surface area contributed by atoms with Crippen molar-refractivity contribution in [1.82, 2.24) is 4.98 Å². The maximum atomic E-state index is 11.7. The largest absolute Gasteiger partial charge is 0.365 e. The molecule has 0 saturated heterocycles. The number of carbonyl (C=O) groups is 1. The molecule has 1 amide bonds. The first-order valence-corrected chi connectivity index (χ1v) is 5.60. The molecular weight excluding hydrogens is 258 g/mol. The lowest BCUT2D eigenvalue weighted by Crippen LogP contribution is -2.30. The topological polar surface area (TPSA) is 54.0 Å². The van der Waals surface area contributed by atoms with E-state index in [1.54, 1.807) is 6.20 Å². The van der Waals surface area contributed by atoms with E-state index >= 15 is 0 Å². The molecule has 0 radical (unpaired) electrons. The Labute approximate surface area is 96.6 Å². The van der Waals surface area contributed by atoms with Crippen molar-refractivity contribution in [3.63, 3.8) is 0 Å². The van der Waals surface area contributed by atoms with Gasteiger partial charge in [0.15, 0.2) is 0 Å². The molecule has 5 heteroatoms. The summed E-state index contributed by atoms with van der Waals surface area (Å²) < 4.78 is 0.852. The zero-order chi connectivity index (χ0) is 11.0. The molecule has 80 valence electrons. The number of nitrogens with zero attached hydrogens (tertiary/aromatic N) is 1. The molecule has 1 aromatic heterocycles. The second-order valence-electron chi connectivity index (χ2n) is 3.76. The minimum absolute atomic E-state index is 0.0219. The van der Waals surface area contributed by atoms with Crippen LogP contribution in [0, 0.1) is 5.92 Å². The minimum Gasteiger partial charge on any atom is -0.365 e. The van der Waals surface area contributed by atoms with E-state index < -0.39 is 0 Å². The summed E-state index contributed by atoms with van der Waals surface area (Å²) in [5, 5.41) is 6.06. The molecule has 0 bridgehead atoms. The van der Waals surface area contributed by atoms with Crippen LogP contribution in [0.5, 0.6) is 0 Å². The molecule has 2 unspecified atom stereocenters. The SMILES string of the molecule is CC1Nc2ncc(Br)cc2NC(=O)C1C. The molecule has 0 saturated carbocycles. The molecule has 2 rings (SSSR count). The summed E-state index contributed by atoms with van der Waals surface area (Å²) in [7, 11) is 0. The molecule has 1 aromatic rings. The summed E-state index contributed by atoms with van der Waals surface area (Å²) in [6.45, 7) is 3.87.